The summed E-state index contributed by atoms with van der Waals surface area (Å²) in [5, 5.41) is 0.560. The largest absolute Gasteiger partial charge is 0.306 e. The fourth-order valence-corrected chi connectivity index (χ4v) is 9.16. The van der Waals surface area contributed by atoms with Crippen LogP contribution in [0.3, 0.4) is 0 Å². The Hall–Kier alpha value is -3.93. The highest BCUT2D eigenvalue weighted by Crippen LogP contribution is 2.39. The maximum absolute atomic E-state index is 13.9. The molecule has 0 spiro atoms. The Morgan fingerprint density at radius 1 is 0.893 bits per heavy atom. The second-order valence-corrected chi connectivity index (χ2v) is 17.0. The molecule has 0 N–H and O–H groups in total. The molecule has 6 heteroatoms. The molecule has 3 aromatic rings. The number of likely N-dealkylation sites (tertiary alicyclic amines) is 1. The Labute approximate surface area is 341 Å². The van der Waals surface area contributed by atoms with Crippen molar-refractivity contribution < 1.29 is 9.59 Å². The summed E-state index contributed by atoms with van der Waals surface area (Å²) < 4.78 is 0. The Balaban J connectivity index is 1.17. The van der Waals surface area contributed by atoms with E-state index in [4.69, 9.17) is 16.6 Å². The third-order valence-corrected chi connectivity index (χ3v) is 12.7. The van der Waals surface area contributed by atoms with Crippen LogP contribution in [-0.4, -0.2) is 47.8 Å². The summed E-state index contributed by atoms with van der Waals surface area (Å²) in [5.74, 6) is 1.39. The molecule has 2 aromatic carbocycles. The van der Waals surface area contributed by atoms with Crippen LogP contribution in [0.25, 0.3) is 16.7 Å². The van der Waals surface area contributed by atoms with Gasteiger partial charge in [-0.3, -0.25) is 14.8 Å². The molecule has 0 bridgehead atoms. The predicted molar refractivity (Wildman–Crippen MR) is 234 cm³/mol. The number of nitrogens with zero attached hydrogens (tertiary/aromatic N) is 3. The van der Waals surface area contributed by atoms with Gasteiger partial charge < -0.3 is 9.69 Å². The lowest BCUT2D eigenvalue weighted by atomic mass is 9.79. The fraction of sp³-hybridized carbons (Fsp3) is 0.480. The number of aryl methyl sites for hydroxylation is 2. The molecule has 6 rings (SSSR count). The standard InChI is InChI=1S/C50H62ClN3O2/c1-5-10-40-23-27-50(56)47(46-26-22-41(32-48(46)51)42-21-24-44(52-33-42)14-8-11-36(3)55)31-43-34-53-49(35(2)16-25-45(40)43)15-9-12-37-17-19-39(20-18-37)38-13-6-7-29-54(4)30-28-38/h17-22,24,26,31-34,38,40H,5-16,23,25,27-30H2,1-4H3. The number of aromatic nitrogens is 1. The first-order valence-electron chi connectivity index (χ1n) is 21.4. The van der Waals surface area contributed by atoms with Crippen molar-refractivity contribution in [2.24, 2.45) is 10.9 Å². The molecule has 2 aliphatic heterocycles. The highest BCUT2D eigenvalue weighted by Gasteiger charge is 2.26. The smallest absolute Gasteiger partial charge is 0.163 e. The number of carbonyl (C=O) groups excluding carboxylic acids is 2. The normalized spacial score (nSPS) is 20.0. The Morgan fingerprint density at radius 3 is 2.46 bits per heavy atom. The molecule has 56 heavy (non-hydrogen) atoms. The Kier molecular flexibility index (Phi) is 15.2. The lowest BCUT2D eigenvalue weighted by Gasteiger charge is -2.26. The van der Waals surface area contributed by atoms with Crippen LogP contribution in [-0.2, 0) is 22.4 Å². The van der Waals surface area contributed by atoms with Crippen LogP contribution in [0.5, 0.6) is 0 Å². The Bertz CT molecular complexity index is 1950. The molecule has 1 fully saturated rings. The van der Waals surface area contributed by atoms with E-state index in [0.29, 0.717) is 35.3 Å². The number of Topliss-reactive ketones (excluding diaryl/α,β-unsaturated/α-hetero) is 2. The van der Waals surface area contributed by atoms with Gasteiger partial charge in [0, 0.05) is 58.4 Å². The van der Waals surface area contributed by atoms with Gasteiger partial charge in [0.15, 0.2) is 5.78 Å². The van der Waals surface area contributed by atoms with Crippen LogP contribution in [0.2, 0.25) is 5.02 Å². The van der Waals surface area contributed by atoms with Crippen molar-refractivity contribution in [1.82, 2.24) is 9.88 Å². The summed E-state index contributed by atoms with van der Waals surface area (Å²) in [6, 6.07) is 19.5. The van der Waals surface area contributed by atoms with E-state index in [9.17, 15) is 9.59 Å². The molecule has 0 amide bonds. The highest BCUT2D eigenvalue weighted by molar-refractivity contribution is 6.35. The average Bonchev–Trinajstić information content (AvgIpc) is 3.17. The molecule has 3 aliphatic rings. The molecule has 1 aromatic heterocycles. The van der Waals surface area contributed by atoms with Gasteiger partial charge in [0.1, 0.15) is 5.78 Å². The van der Waals surface area contributed by atoms with Gasteiger partial charge in [-0.2, -0.15) is 0 Å². The van der Waals surface area contributed by atoms with Gasteiger partial charge in [-0.05, 0) is 163 Å². The molecule has 1 saturated heterocycles. The SMILES string of the molecule is CCCC1CCC(=O)C(c2ccc(-c3ccc(CCCC(C)=O)nc3)cc2Cl)=CC2=C1CCC(C)=C(CCCc1ccc(C3CCCCN(C)CC3)cc1)N=C2. The second kappa shape index (κ2) is 20.5. The monoisotopic (exact) mass is 771 g/mol. The number of allylic oxidation sites excluding steroid dienone is 6. The highest BCUT2D eigenvalue weighted by atomic mass is 35.5. The average molecular weight is 773 g/mol. The minimum Gasteiger partial charge on any atom is -0.306 e. The van der Waals surface area contributed by atoms with E-state index in [1.54, 1.807) is 6.92 Å². The molecular weight excluding hydrogens is 710 g/mol. The van der Waals surface area contributed by atoms with Crippen LogP contribution in [0.4, 0.5) is 0 Å². The molecule has 3 heterocycles. The van der Waals surface area contributed by atoms with Gasteiger partial charge in [-0.15, -0.1) is 0 Å². The third-order valence-electron chi connectivity index (χ3n) is 12.4. The van der Waals surface area contributed by atoms with E-state index in [1.165, 1.54) is 66.7 Å². The molecule has 0 radical (unpaired) electrons. The topological polar surface area (TPSA) is 62.6 Å². The number of halogens is 1. The van der Waals surface area contributed by atoms with E-state index >= 15 is 0 Å². The number of aliphatic imine (C=N–C) groups is 1. The minimum absolute atomic E-state index is 0.138. The molecule has 5 nitrogen and oxygen atoms in total. The van der Waals surface area contributed by atoms with Gasteiger partial charge in [0.25, 0.3) is 0 Å². The summed E-state index contributed by atoms with van der Waals surface area (Å²) in [6.07, 6.45) is 21.9. The van der Waals surface area contributed by atoms with E-state index in [1.807, 2.05) is 30.5 Å². The van der Waals surface area contributed by atoms with E-state index in [0.717, 1.165) is 92.2 Å². The first kappa shape index (κ1) is 41.7. The second-order valence-electron chi connectivity index (χ2n) is 16.6. The lowest BCUT2D eigenvalue weighted by molar-refractivity contribution is -0.117. The van der Waals surface area contributed by atoms with Crippen molar-refractivity contribution in [3.63, 3.8) is 0 Å². The summed E-state index contributed by atoms with van der Waals surface area (Å²) in [7, 11) is 2.26. The molecular formula is C50H62ClN3O2. The van der Waals surface area contributed by atoms with Crippen LogP contribution in [0, 0.1) is 5.92 Å². The van der Waals surface area contributed by atoms with Gasteiger partial charge in [0.05, 0.1) is 0 Å². The van der Waals surface area contributed by atoms with Crippen molar-refractivity contribution in [3.05, 3.63) is 117 Å². The van der Waals surface area contributed by atoms with Crippen molar-refractivity contribution >= 4 is 35.0 Å². The summed E-state index contributed by atoms with van der Waals surface area (Å²) in [6.45, 7) is 8.55. The minimum atomic E-state index is 0.138. The Morgan fingerprint density at radius 2 is 1.71 bits per heavy atom. The number of benzene rings is 2. The molecule has 0 saturated carbocycles. The number of carbonyl (C=O) groups is 2. The van der Waals surface area contributed by atoms with E-state index in [-0.39, 0.29) is 11.6 Å². The molecule has 2 unspecified atom stereocenters. The third kappa shape index (κ3) is 11.3. The molecule has 296 valence electrons. The zero-order valence-electron chi connectivity index (χ0n) is 34.3. The fourth-order valence-electron chi connectivity index (χ4n) is 8.87. The number of pyridine rings is 1. The summed E-state index contributed by atoms with van der Waals surface area (Å²) >= 11 is 7.02. The van der Waals surface area contributed by atoms with Crippen LogP contribution < -0.4 is 0 Å². The zero-order chi connectivity index (χ0) is 39.4. The predicted octanol–water partition coefficient (Wildman–Crippen LogP) is 12.5. The number of rotatable bonds is 13. The van der Waals surface area contributed by atoms with Gasteiger partial charge in [-0.25, -0.2) is 0 Å². The first-order valence-corrected chi connectivity index (χ1v) is 21.8. The van der Waals surface area contributed by atoms with Crippen molar-refractivity contribution in [2.75, 3.05) is 20.1 Å². The number of ketones is 2. The van der Waals surface area contributed by atoms with E-state index in [2.05, 4.69) is 73.4 Å². The summed E-state index contributed by atoms with van der Waals surface area (Å²) in [5.41, 5.74) is 12.3. The van der Waals surface area contributed by atoms with Crippen molar-refractivity contribution in [2.45, 2.75) is 129 Å². The number of hydrogen-bond donors (Lipinski definition) is 0. The van der Waals surface area contributed by atoms with Gasteiger partial charge >= 0.3 is 0 Å². The van der Waals surface area contributed by atoms with Crippen LogP contribution in [0.15, 0.2) is 94.3 Å². The van der Waals surface area contributed by atoms with Crippen molar-refractivity contribution in [3.8, 4) is 11.1 Å². The first-order chi connectivity index (χ1) is 27.2. The zero-order valence-corrected chi connectivity index (χ0v) is 35.1. The van der Waals surface area contributed by atoms with Crippen molar-refractivity contribution in [1.29, 1.82) is 0 Å². The maximum atomic E-state index is 13.9. The lowest BCUT2D eigenvalue weighted by Crippen LogP contribution is -2.24. The molecule has 1 aliphatic carbocycles. The maximum Gasteiger partial charge on any atom is 0.163 e. The summed E-state index contributed by atoms with van der Waals surface area (Å²) in [4.78, 5) is 37.6. The number of hydrogen-bond acceptors (Lipinski definition) is 5. The van der Waals surface area contributed by atoms with Crippen LogP contribution in [0.1, 0.15) is 139 Å². The van der Waals surface area contributed by atoms with Gasteiger partial charge in [-0.1, -0.05) is 85.0 Å². The van der Waals surface area contributed by atoms with Gasteiger partial charge in [0.2, 0.25) is 0 Å². The quantitative estimate of drug-likeness (QED) is 0.174. The van der Waals surface area contributed by atoms with Crippen LogP contribution >= 0.6 is 11.6 Å². The molecule has 2 atom stereocenters. The van der Waals surface area contributed by atoms with E-state index < -0.39 is 0 Å².